The molecule has 3 saturated heterocycles. The van der Waals surface area contributed by atoms with Crippen molar-refractivity contribution in [3.63, 3.8) is 0 Å². The van der Waals surface area contributed by atoms with Crippen LogP contribution in [0.25, 0.3) is 0 Å². The first-order valence-electron chi connectivity index (χ1n) is 9.63. The van der Waals surface area contributed by atoms with Crippen LogP contribution < -0.4 is 5.32 Å². The molecule has 0 aliphatic carbocycles. The summed E-state index contributed by atoms with van der Waals surface area (Å²) in [5.41, 5.74) is -0.632. The largest absolute Gasteiger partial charge is 0.360 e. The minimum absolute atomic E-state index is 0.00850. The van der Waals surface area contributed by atoms with Gasteiger partial charge in [-0.25, -0.2) is 4.68 Å². The third-order valence-corrected chi connectivity index (χ3v) is 6.55. The maximum Gasteiger partial charge on any atom is 0.232 e. The molecule has 5 heterocycles. The van der Waals surface area contributed by atoms with Crippen LogP contribution >= 0.6 is 0 Å². The number of ether oxygens (including phenoxy) is 1. The van der Waals surface area contributed by atoms with E-state index in [1.807, 2.05) is 22.9 Å². The van der Waals surface area contributed by atoms with Crippen molar-refractivity contribution in [2.75, 3.05) is 39.0 Å². The fourth-order valence-electron chi connectivity index (χ4n) is 5.14. The van der Waals surface area contributed by atoms with E-state index in [2.05, 4.69) is 22.4 Å². The minimum Gasteiger partial charge on any atom is -0.360 e. The number of anilines is 1. The molecule has 4 aliphatic heterocycles. The molecule has 4 aliphatic rings. The van der Waals surface area contributed by atoms with Gasteiger partial charge in [0.25, 0.3) is 0 Å². The van der Waals surface area contributed by atoms with E-state index >= 15 is 0 Å². The fraction of sp³-hybridized carbons (Fsp3) is 0.632. The van der Waals surface area contributed by atoms with Gasteiger partial charge < -0.3 is 19.9 Å². The van der Waals surface area contributed by atoms with Crippen LogP contribution in [-0.4, -0.2) is 76.8 Å². The summed E-state index contributed by atoms with van der Waals surface area (Å²) in [5.74, 6) is -0.389. The second-order valence-electron chi connectivity index (χ2n) is 8.28. The number of fused-ring (bicyclic) bond motifs is 1. The molecule has 144 valence electrons. The molecule has 2 amide bonds. The van der Waals surface area contributed by atoms with Crippen molar-refractivity contribution in [2.24, 2.45) is 11.8 Å². The predicted octanol–water partition coefficient (Wildman–Crippen LogP) is 0.500. The van der Waals surface area contributed by atoms with Crippen LogP contribution in [-0.2, 0) is 14.3 Å². The van der Waals surface area contributed by atoms with Gasteiger partial charge in [0.2, 0.25) is 11.8 Å². The third-order valence-electron chi connectivity index (χ3n) is 6.55. The lowest BCUT2D eigenvalue weighted by molar-refractivity contribution is -0.134. The second-order valence-corrected chi connectivity index (χ2v) is 8.28. The van der Waals surface area contributed by atoms with Gasteiger partial charge in [-0.2, -0.15) is 5.10 Å². The number of hydrogen-bond acceptors (Lipinski definition) is 5. The zero-order chi connectivity index (χ0) is 18.8. The molecule has 27 heavy (non-hydrogen) atoms. The molecule has 8 heteroatoms. The van der Waals surface area contributed by atoms with E-state index in [1.54, 1.807) is 18.1 Å². The fourth-order valence-corrected chi connectivity index (χ4v) is 5.14. The molecule has 2 bridgehead atoms. The molecule has 1 spiro atoms. The van der Waals surface area contributed by atoms with Crippen molar-refractivity contribution >= 4 is 17.6 Å². The molecular weight excluding hydrogens is 346 g/mol. The Morgan fingerprint density at radius 2 is 2.11 bits per heavy atom. The Morgan fingerprint density at radius 3 is 2.89 bits per heavy atom. The lowest BCUT2D eigenvalue weighted by atomic mass is 9.77. The summed E-state index contributed by atoms with van der Waals surface area (Å²) in [7, 11) is 3.89. The quantitative estimate of drug-likeness (QED) is 0.783. The van der Waals surface area contributed by atoms with Crippen molar-refractivity contribution in [1.29, 1.82) is 0 Å². The molecule has 0 unspecified atom stereocenters. The van der Waals surface area contributed by atoms with Crippen LogP contribution in [0.3, 0.4) is 0 Å². The van der Waals surface area contributed by atoms with E-state index in [9.17, 15) is 9.59 Å². The summed E-state index contributed by atoms with van der Waals surface area (Å²) >= 11 is 0. The number of likely N-dealkylation sites (tertiary alicyclic amines) is 2. The Kier molecular flexibility index (Phi) is 3.70. The number of nitrogens with zero attached hydrogens (tertiary/aromatic N) is 4. The van der Waals surface area contributed by atoms with Crippen molar-refractivity contribution < 1.29 is 14.3 Å². The summed E-state index contributed by atoms with van der Waals surface area (Å²) in [4.78, 5) is 29.8. The van der Waals surface area contributed by atoms with Crippen LogP contribution in [0.5, 0.6) is 0 Å². The van der Waals surface area contributed by atoms with Gasteiger partial charge in [-0.05, 0) is 33.0 Å². The SMILES string of the molecule is CN1CCC(n2nccc2NC(=O)[C@H]2[C@@H]3C=C[C@@]4(CN(C)C(=O)[C@@H]24)O3)CC1. The van der Waals surface area contributed by atoms with E-state index in [0.717, 1.165) is 25.9 Å². The number of carbonyl (C=O) groups is 2. The first kappa shape index (κ1) is 16.9. The lowest BCUT2D eigenvalue weighted by Gasteiger charge is -2.30. The first-order chi connectivity index (χ1) is 13.0. The van der Waals surface area contributed by atoms with Crippen LogP contribution in [0.1, 0.15) is 18.9 Å². The van der Waals surface area contributed by atoms with Gasteiger partial charge in [0.15, 0.2) is 0 Å². The summed E-state index contributed by atoms with van der Waals surface area (Å²) < 4.78 is 8.00. The van der Waals surface area contributed by atoms with E-state index < -0.39 is 17.4 Å². The Morgan fingerprint density at radius 1 is 1.33 bits per heavy atom. The Hall–Kier alpha value is -2.19. The number of piperidine rings is 1. The lowest BCUT2D eigenvalue weighted by Crippen LogP contribution is -2.41. The Balaban J connectivity index is 1.36. The number of hydrogen-bond donors (Lipinski definition) is 1. The first-order valence-corrected chi connectivity index (χ1v) is 9.63. The normalized spacial score (nSPS) is 35.9. The molecule has 4 atom stereocenters. The number of rotatable bonds is 3. The highest BCUT2D eigenvalue weighted by molar-refractivity contribution is 5.98. The summed E-state index contributed by atoms with van der Waals surface area (Å²) in [6.45, 7) is 2.56. The molecule has 8 nitrogen and oxygen atoms in total. The molecular formula is C19H25N5O3. The van der Waals surface area contributed by atoms with Crippen LogP contribution in [0.2, 0.25) is 0 Å². The van der Waals surface area contributed by atoms with Gasteiger partial charge in [0.1, 0.15) is 11.4 Å². The molecule has 0 saturated carbocycles. The molecule has 3 fully saturated rings. The average molecular weight is 371 g/mol. The van der Waals surface area contributed by atoms with Crippen molar-refractivity contribution in [3.8, 4) is 0 Å². The van der Waals surface area contributed by atoms with Crippen molar-refractivity contribution in [2.45, 2.75) is 30.6 Å². The van der Waals surface area contributed by atoms with Crippen LogP contribution in [0.4, 0.5) is 5.82 Å². The van der Waals surface area contributed by atoms with E-state index in [-0.39, 0.29) is 24.0 Å². The van der Waals surface area contributed by atoms with Crippen LogP contribution in [0.15, 0.2) is 24.4 Å². The number of nitrogens with one attached hydrogen (secondary N) is 1. The van der Waals surface area contributed by atoms with Gasteiger partial charge in [-0.3, -0.25) is 9.59 Å². The number of aromatic nitrogens is 2. The topological polar surface area (TPSA) is 79.7 Å². The van der Waals surface area contributed by atoms with Crippen molar-refractivity contribution in [1.82, 2.24) is 19.6 Å². The summed E-state index contributed by atoms with van der Waals surface area (Å²) in [6.07, 6.45) is 7.31. The van der Waals surface area contributed by atoms with E-state index in [0.29, 0.717) is 12.4 Å². The molecule has 0 aromatic carbocycles. The van der Waals surface area contributed by atoms with E-state index in [1.165, 1.54) is 0 Å². The van der Waals surface area contributed by atoms with Gasteiger partial charge in [-0.15, -0.1) is 0 Å². The summed E-state index contributed by atoms with van der Waals surface area (Å²) in [6, 6.07) is 2.12. The smallest absolute Gasteiger partial charge is 0.232 e. The van der Waals surface area contributed by atoms with E-state index in [4.69, 9.17) is 4.74 Å². The maximum absolute atomic E-state index is 13.1. The zero-order valence-corrected chi connectivity index (χ0v) is 15.7. The second kappa shape index (κ2) is 5.90. The summed E-state index contributed by atoms with van der Waals surface area (Å²) in [5, 5.41) is 7.48. The zero-order valence-electron chi connectivity index (χ0n) is 15.7. The Bertz CT molecular complexity index is 812. The number of amides is 2. The minimum atomic E-state index is -0.632. The molecule has 0 radical (unpaired) electrons. The number of likely N-dealkylation sites (N-methyl/N-ethyl adjacent to an activating group) is 1. The monoisotopic (exact) mass is 371 g/mol. The Labute approximate surface area is 158 Å². The van der Waals surface area contributed by atoms with Gasteiger partial charge in [0.05, 0.1) is 36.7 Å². The number of carbonyl (C=O) groups excluding carboxylic acids is 2. The average Bonchev–Trinajstić information content (AvgIpc) is 3.38. The van der Waals surface area contributed by atoms with Crippen LogP contribution in [0, 0.1) is 11.8 Å². The predicted molar refractivity (Wildman–Crippen MR) is 98.0 cm³/mol. The third kappa shape index (κ3) is 2.46. The molecule has 1 N–H and O–H groups in total. The maximum atomic E-state index is 13.1. The van der Waals surface area contributed by atoms with Gasteiger partial charge in [-0.1, -0.05) is 12.2 Å². The van der Waals surface area contributed by atoms with Gasteiger partial charge in [0, 0.05) is 13.1 Å². The van der Waals surface area contributed by atoms with Crippen molar-refractivity contribution in [3.05, 3.63) is 24.4 Å². The molecule has 1 aromatic heterocycles. The highest BCUT2D eigenvalue weighted by Gasteiger charge is 2.66. The highest BCUT2D eigenvalue weighted by Crippen LogP contribution is 2.51. The standard InChI is InChI=1S/C19H25N5O3/c1-22-9-5-12(6-10-22)24-14(4-8-20-24)21-17(25)15-13-3-7-19(27-13)11-23(2)18(26)16(15)19/h3-4,7-8,12-13,15-16H,5-6,9-11H2,1-2H3,(H,21,25)/t13-,15-,16+,19-/m0/s1. The van der Waals surface area contributed by atoms with Gasteiger partial charge >= 0.3 is 0 Å². The highest BCUT2D eigenvalue weighted by atomic mass is 16.5. The molecule has 5 rings (SSSR count). The molecule has 1 aromatic rings.